The van der Waals surface area contributed by atoms with Crippen LogP contribution in [-0.2, 0) is 9.59 Å². The Labute approximate surface area is 145 Å². The van der Waals surface area contributed by atoms with Gasteiger partial charge in [-0.2, -0.15) is 0 Å². The van der Waals surface area contributed by atoms with Crippen LogP contribution in [0.4, 0.5) is 11.4 Å². The molecule has 0 bridgehead atoms. The summed E-state index contributed by atoms with van der Waals surface area (Å²) in [6.07, 6.45) is 0. The standard InChI is InChI=1S/C18H17ClN2O3/c1-10-4-7-15-14(8-10)21-17(23)18(3,24-15)16(22)20-13-9-12(19)6-5-11(13)2/h4-9H,1-3H3,(H,20,22)(H,21,23). The molecule has 24 heavy (non-hydrogen) atoms. The van der Waals surface area contributed by atoms with E-state index in [0.717, 1.165) is 11.1 Å². The topological polar surface area (TPSA) is 67.4 Å². The van der Waals surface area contributed by atoms with Gasteiger partial charge in [0.25, 0.3) is 17.4 Å². The molecule has 1 aliphatic heterocycles. The molecular formula is C18H17ClN2O3. The second-order valence-electron chi connectivity index (χ2n) is 6.00. The van der Waals surface area contributed by atoms with Gasteiger partial charge >= 0.3 is 0 Å². The molecule has 0 fully saturated rings. The van der Waals surface area contributed by atoms with Crippen molar-refractivity contribution < 1.29 is 14.3 Å². The van der Waals surface area contributed by atoms with Gasteiger partial charge in [0, 0.05) is 10.7 Å². The highest BCUT2D eigenvalue weighted by molar-refractivity contribution is 6.31. The quantitative estimate of drug-likeness (QED) is 0.816. The van der Waals surface area contributed by atoms with Crippen molar-refractivity contribution in [3.05, 3.63) is 52.5 Å². The second-order valence-corrected chi connectivity index (χ2v) is 6.44. The Balaban J connectivity index is 1.90. The van der Waals surface area contributed by atoms with Crippen molar-refractivity contribution in [3.63, 3.8) is 0 Å². The Morgan fingerprint density at radius 1 is 1.21 bits per heavy atom. The van der Waals surface area contributed by atoms with Gasteiger partial charge in [-0.1, -0.05) is 23.7 Å². The fraction of sp³-hybridized carbons (Fsp3) is 0.222. The molecule has 124 valence electrons. The van der Waals surface area contributed by atoms with E-state index in [-0.39, 0.29) is 0 Å². The monoisotopic (exact) mass is 344 g/mol. The number of ether oxygens (including phenoxy) is 1. The van der Waals surface area contributed by atoms with E-state index >= 15 is 0 Å². The van der Waals surface area contributed by atoms with Crippen molar-refractivity contribution in [2.45, 2.75) is 26.4 Å². The molecule has 1 heterocycles. The summed E-state index contributed by atoms with van der Waals surface area (Å²) >= 11 is 5.97. The zero-order valence-electron chi connectivity index (χ0n) is 13.6. The highest BCUT2D eigenvalue weighted by atomic mass is 35.5. The summed E-state index contributed by atoms with van der Waals surface area (Å²) in [5.41, 5.74) is 1.25. The first-order valence-electron chi connectivity index (χ1n) is 7.48. The number of amides is 2. The maximum Gasteiger partial charge on any atom is 0.278 e. The van der Waals surface area contributed by atoms with Crippen LogP contribution in [0.15, 0.2) is 36.4 Å². The van der Waals surface area contributed by atoms with E-state index < -0.39 is 17.4 Å². The minimum Gasteiger partial charge on any atom is -0.466 e. The van der Waals surface area contributed by atoms with Gasteiger partial charge in [-0.05, 0) is 56.2 Å². The Morgan fingerprint density at radius 2 is 1.96 bits per heavy atom. The Hall–Kier alpha value is -2.53. The summed E-state index contributed by atoms with van der Waals surface area (Å²) in [7, 11) is 0. The lowest BCUT2D eigenvalue weighted by Crippen LogP contribution is -2.56. The average Bonchev–Trinajstić information content (AvgIpc) is 2.52. The van der Waals surface area contributed by atoms with Crippen molar-refractivity contribution in [3.8, 4) is 5.75 Å². The highest BCUT2D eigenvalue weighted by Gasteiger charge is 2.47. The highest BCUT2D eigenvalue weighted by Crippen LogP contribution is 2.35. The molecule has 3 rings (SSSR count). The molecule has 0 spiro atoms. The number of rotatable bonds is 2. The second kappa shape index (κ2) is 5.83. The van der Waals surface area contributed by atoms with Crippen LogP contribution in [0.2, 0.25) is 5.02 Å². The van der Waals surface area contributed by atoms with E-state index in [9.17, 15) is 9.59 Å². The molecule has 0 aliphatic carbocycles. The number of carbonyl (C=O) groups is 2. The summed E-state index contributed by atoms with van der Waals surface area (Å²) in [5, 5.41) is 5.95. The zero-order chi connectivity index (χ0) is 17.5. The van der Waals surface area contributed by atoms with Crippen LogP contribution >= 0.6 is 11.6 Å². The largest absolute Gasteiger partial charge is 0.466 e. The number of aryl methyl sites for hydroxylation is 2. The van der Waals surface area contributed by atoms with E-state index in [1.165, 1.54) is 6.92 Å². The molecule has 0 radical (unpaired) electrons. The van der Waals surface area contributed by atoms with Gasteiger partial charge in [-0.25, -0.2) is 0 Å². The number of halogens is 1. The van der Waals surface area contributed by atoms with Crippen LogP contribution in [0, 0.1) is 13.8 Å². The van der Waals surface area contributed by atoms with E-state index in [0.29, 0.717) is 22.1 Å². The number of hydrogen-bond acceptors (Lipinski definition) is 3. The van der Waals surface area contributed by atoms with Crippen molar-refractivity contribution in [1.29, 1.82) is 0 Å². The van der Waals surface area contributed by atoms with Gasteiger partial charge < -0.3 is 15.4 Å². The van der Waals surface area contributed by atoms with E-state index in [1.807, 2.05) is 19.9 Å². The maximum atomic E-state index is 12.7. The number of anilines is 2. The number of fused-ring (bicyclic) bond motifs is 1. The zero-order valence-corrected chi connectivity index (χ0v) is 14.3. The first-order valence-corrected chi connectivity index (χ1v) is 7.86. The molecule has 0 aromatic heterocycles. The fourth-order valence-electron chi connectivity index (χ4n) is 2.46. The molecule has 2 N–H and O–H groups in total. The molecule has 5 nitrogen and oxygen atoms in total. The molecule has 1 atom stereocenters. The van der Waals surface area contributed by atoms with Crippen LogP contribution < -0.4 is 15.4 Å². The first kappa shape index (κ1) is 16.3. The molecular weight excluding hydrogens is 328 g/mol. The lowest BCUT2D eigenvalue weighted by atomic mass is 10.0. The third-order valence-corrected chi connectivity index (χ3v) is 4.25. The van der Waals surface area contributed by atoms with Crippen LogP contribution in [0.25, 0.3) is 0 Å². The predicted octanol–water partition coefficient (Wildman–Crippen LogP) is 3.69. The smallest absolute Gasteiger partial charge is 0.278 e. The van der Waals surface area contributed by atoms with Crippen molar-refractivity contribution in [1.82, 2.24) is 0 Å². The summed E-state index contributed by atoms with van der Waals surface area (Å²) in [4.78, 5) is 25.2. The van der Waals surface area contributed by atoms with Gasteiger partial charge in [0.05, 0.1) is 5.69 Å². The predicted molar refractivity (Wildman–Crippen MR) is 93.7 cm³/mol. The molecule has 1 unspecified atom stereocenters. The normalized spacial score (nSPS) is 19.1. The molecule has 0 saturated heterocycles. The van der Waals surface area contributed by atoms with Crippen LogP contribution in [0.3, 0.4) is 0 Å². The van der Waals surface area contributed by atoms with Gasteiger partial charge in [0.2, 0.25) is 0 Å². The summed E-state index contributed by atoms with van der Waals surface area (Å²) < 4.78 is 5.73. The fourth-order valence-corrected chi connectivity index (χ4v) is 2.63. The first-order chi connectivity index (χ1) is 11.3. The van der Waals surface area contributed by atoms with E-state index in [4.69, 9.17) is 16.3 Å². The van der Waals surface area contributed by atoms with Crippen molar-refractivity contribution >= 4 is 34.8 Å². The van der Waals surface area contributed by atoms with Crippen LogP contribution in [0.5, 0.6) is 5.75 Å². The Kier molecular flexibility index (Phi) is 3.97. The van der Waals surface area contributed by atoms with E-state index in [2.05, 4.69) is 10.6 Å². The van der Waals surface area contributed by atoms with Crippen LogP contribution in [0.1, 0.15) is 18.1 Å². The van der Waals surface area contributed by atoms with Gasteiger partial charge in [-0.15, -0.1) is 0 Å². The maximum absolute atomic E-state index is 12.7. The lowest BCUT2D eigenvalue weighted by molar-refractivity contribution is -0.143. The number of benzene rings is 2. The molecule has 0 saturated carbocycles. The van der Waals surface area contributed by atoms with Gasteiger partial charge in [0.1, 0.15) is 5.75 Å². The lowest BCUT2D eigenvalue weighted by Gasteiger charge is -2.33. The Bertz CT molecular complexity index is 850. The third kappa shape index (κ3) is 2.83. The molecule has 2 aromatic carbocycles. The molecule has 2 aromatic rings. The Morgan fingerprint density at radius 3 is 2.71 bits per heavy atom. The number of nitrogens with one attached hydrogen (secondary N) is 2. The van der Waals surface area contributed by atoms with E-state index in [1.54, 1.807) is 30.3 Å². The van der Waals surface area contributed by atoms with Crippen molar-refractivity contribution in [2.24, 2.45) is 0 Å². The number of carbonyl (C=O) groups excluding carboxylic acids is 2. The summed E-state index contributed by atoms with van der Waals surface area (Å²) in [6, 6.07) is 10.6. The average molecular weight is 345 g/mol. The van der Waals surface area contributed by atoms with Crippen LogP contribution in [-0.4, -0.2) is 17.4 Å². The van der Waals surface area contributed by atoms with Gasteiger partial charge in [-0.3, -0.25) is 9.59 Å². The summed E-state index contributed by atoms with van der Waals surface area (Å²) in [6.45, 7) is 5.20. The molecule has 2 amide bonds. The minimum absolute atomic E-state index is 0.459. The third-order valence-electron chi connectivity index (χ3n) is 4.01. The summed E-state index contributed by atoms with van der Waals surface area (Å²) in [5.74, 6) is -0.616. The minimum atomic E-state index is -1.67. The molecule has 6 heteroatoms. The molecule has 1 aliphatic rings. The number of hydrogen-bond donors (Lipinski definition) is 2. The van der Waals surface area contributed by atoms with Crippen molar-refractivity contribution in [2.75, 3.05) is 10.6 Å². The van der Waals surface area contributed by atoms with Gasteiger partial charge in [0.15, 0.2) is 0 Å². The SMILES string of the molecule is Cc1ccc2c(c1)NC(=O)C(C)(C(=O)Nc1cc(Cl)ccc1C)O2.